The summed E-state index contributed by atoms with van der Waals surface area (Å²) in [4.78, 5) is 2.34. The normalized spacial score (nSPS) is 16.5. The fourth-order valence-electron chi connectivity index (χ4n) is 3.66. The van der Waals surface area contributed by atoms with Crippen LogP contribution in [0, 0.1) is 0 Å². The van der Waals surface area contributed by atoms with Crippen LogP contribution in [-0.4, -0.2) is 45.0 Å². The molecule has 0 radical (unpaired) electrons. The molecule has 0 saturated carbocycles. The average Bonchev–Trinajstić information content (AvgIpc) is 3.06. The van der Waals surface area contributed by atoms with Gasteiger partial charge in [0.2, 0.25) is 0 Å². The summed E-state index contributed by atoms with van der Waals surface area (Å²) in [5.41, 5.74) is 1.67. The predicted octanol–water partition coefficient (Wildman–Crippen LogP) is 4.04. The first-order valence-corrected chi connectivity index (χ1v) is 9.27. The van der Waals surface area contributed by atoms with E-state index in [0.29, 0.717) is 11.3 Å². The van der Waals surface area contributed by atoms with Gasteiger partial charge in [0.15, 0.2) is 0 Å². The lowest BCUT2D eigenvalue weighted by Crippen LogP contribution is -2.37. The molecule has 8 heteroatoms. The van der Waals surface area contributed by atoms with Crippen molar-refractivity contribution in [2.45, 2.75) is 38.2 Å². The van der Waals surface area contributed by atoms with E-state index in [1.807, 2.05) is 12.1 Å². The Morgan fingerprint density at radius 3 is 2.61 bits per heavy atom. The van der Waals surface area contributed by atoms with Gasteiger partial charge in [-0.05, 0) is 42.7 Å². The van der Waals surface area contributed by atoms with Crippen molar-refractivity contribution in [2.75, 3.05) is 13.1 Å². The number of rotatable bonds is 5. The molecule has 1 aliphatic rings. The minimum absolute atomic E-state index is 0.0587. The Morgan fingerprint density at radius 2 is 1.89 bits per heavy atom. The molecule has 148 valence electrons. The van der Waals surface area contributed by atoms with E-state index in [1.54, 1.807) is 30.6 Å². The van der Waals surface area contributed by atoms with Crippen LogP contribution in [0.5, 0.6) is 5.75 Å². The van der Waals surface area contributed by atoms with Crippen LogP contribution in [0.25, 0.3) is 10.9 Å². The third kappa shape index (κ3) is 4.44. The molecule has 0 amide bonds. The van der Waals surface area contributed by atoms with Gasteiger partial charge in [0.1, 0.15) is 18.4 Å². The Kier molecular flexibility index (Phi) is 5.21. The maximum Gasteiger partial charge on any atom is 0.406 e. The van der Waals surface area contributed by atoms with E-state index in [4.69, 9.17) is 4.74 Å². The largest absolute Gasteiger partial charge is 0.490 e. The van der Waals surface area contributed by atoms with Crippen LogP contribution in [0.1, 0.15) is 18.4 Å². The number of aromatic nitrogens is 3. The molecule has 0 aliphatic carbocycles. The minimum atomic E-state index is -4.25. The van der Waals surface area contributed by atoms with Gasteiger partial charge in [0, 0.05) is 37.4 Å². The molecule has 0 N–H and O–H groups in total. The van der Waals surface area contributed by atoms with Gasteiger partial charge in [-0.15, -0.1) is 0 Å². The van der Waals surface area contributed by atoms with E-state index in [0.717, 1.165) is 43.4 Å². The summed E-state index contributed by atoms with van der Waals surface area (Å²) < 4.78 is 45.6. The van der Waals surface area contributed by atoms with Crippen molar-refractivity contribution in [3.63, 3.8) is 0 Å². The smallest absolute Gasteiger partial charge is 0.406 e. The fourth-order valence-corrected chi connectivity index (χ4v) is 3.66. The van der Waals surface area contributed by atoms with Crippen LogP contribution >= 0.6 is 0 Å². The Morgan fingerprint density at radius 1 is 1.07 bits per heavy atom. The van der Waals surface area contributed by atoms with Crippen LogP contribution < -0.4 is 4.74 Å². The molecule has 2 aromatic heterocycles. The summed E-state index contributed by atoms with van der Waals surface area (Å²) >= 11 is 0. The van der Waals surface area contributed by atoms with E-state index >= 15 is 0 Å². The molecule has 0 atom stereocenters. The van der Waals surface area contributed by atoms with Gasteiger partial charge in [-0.3, -0.25) is 4.90 Å². The van der Waals surface area contributed by atoms with Gasteiger partial charge in [-0.2, -0.15) is 23.4 Å². The minimum Gasteiger partial charge on any atom is -0.490 e. The van der Waals surface area contributed by atoms with Crippen molar-refractivity contribution in [3.8, 4) is 5.75 Å². The number of nitrogens with zero attached hydrogens (tertiary/aromatic N) is 4. The number of ether oxygens (including phenoxy) is 1. The molecule has 3 aromatic rings. The number of fused-ring (bicyclic) bond motifs is 1. The van der Waals surface area contributed by atoms with E-state index in [-0.39, 0.29) is 6.10 Å². The molecular weight excluding hydrogens is 369 g/mol. The first-order valence-electron chi connectivity index (χ1n) is 9.27. The second-order valence-corrected chi connectivity index (χ2v) is 7.09. The fraction of sp³-hybridized carbons (Fsp3) is 0.400. The summed E-state index contributed by atoms with van der Waals surface area (Å²) in [7, 11) is 0. The summed E-state index contributed by atoms with van der Waals surface area (Å²) in [6.07, 6.45) is 2.49. The quantitative estimate of drug-likeness (QED) is 0.660. The Labute approximate surface area is 160 Å². The zero-order chi connectivity index (χ0) is 19.6. The molecule has 3 heterocycles. The number of likely N-dealkylation sites (tertiary alicyclic amines) is 1. The maximum atomic E-state index is 12.7. The van der Waals surface area contributed by atoms with E-state index < -0.39 is 12.7 Å². The lowest BCUT2D eigenvalue weighted by Gasteiger charge is -2.32. The summed E-state index contributed by atoms with van der Waals surface area (Å²) in [6, 6.07) is 8.93. The average molecular weight is 390 g/mol. The van der Waals surface area contributed by atoms with E-state index in [2.05, 4.69) is 15.1 Å². The zero-order valence-electron chi connectivity index (χ0n) is 15.3. The number of hydrogen-bond acceptors (Lipinski definition) is 4. The van der Waals surface area contributed by atoms with Gasteiger partial charge in [-0.1, -0.05) is 6.07 Å². The molecule has 1 fully saturated rings. The van der Waals surface area contributed by atoms with Crippen LogP contribution in [-0.2, 0) is 13.1 Å². The molecule has 1 aromatic carbocycles. The second-order valence-electron chi connectivity index (χ2n) is 7.09. The molecule has 28 heavy (non-hydrogen) atoms. The first kappa shape index (κ1) is 18.7. The van der Waals surface area contributed by atoms with Crippen molar-refractivity contribution in [1.82, 2.24) is 19.7 Å². The highest BCUT2D eigenvalue weighted by Gasteiger charge is 2.28. The lowest BCUT2D eigenvalue weighted by atomic mass is 10.1. The standard InChI is InChI=1S/C20H21F3N4O/c21-20(22,23)14-27-11-7-17-18(27)2-1-3-19(17)28-16-5-9-26(10-6-16)13-15-4-8-24-25-12-15/h1-4,7-8,11-12,16H,5-6,9-10,13-14H2. The third-order valence-corrected chi connectivity index (χ3v) is 5.00. The van der Waals surface area contributed by atoms with Crippen LogP contribution in [0.2, 0.25) is 0 Å². The molecule has 1 aliphatic heterocycles. The molecular formula is C20H21F3N4O. The van der Waals surface area contributed by atoms with Gasteiger partial charge in [-0.25, -0.2) is 0 Å². The predicted molar refractivity (Wildman–Crippen MR) is 99.0 cm³/mol. The number of hydrogen-bond donors (Lipinski definition) is 0. The van der Waals surface area contributed by atoms with Crippen molar-refractivity contribution in [3.05, 3.63) is 54.5 Å². The second kappa shape index (κ2) is 7.79. The SMILES string of the molecule is FC(F)(F)Cn1ccc2c(OC3CCN(Cc4ccnnc4)CC3)cccc21. The summed E-state index contributed by atoms with van der Waals surface area (Å²) in [6.45, 7) is 1.64. The molecule has 0 spiro atoms. The molecule has 1 saturated heterocycles. The Hall–Kier alpha value is -2.61. The first-order chi connectivity index (χ1) is 13.5. The van der Waals surface area contributed by atoms with Crippen molar-refractivity contribution >= 4 is 10.9 Å². The molecule has 0 bridgehead atoms. The topological polar surface area (TPSA) is 43.2 Å². The van der Waals surface area contributed by atoms with E-state index in [1.165, 1.54) is 10.8 Å². The highest BCUT2D eigenvalue weighted by atomic mass is 19.4. The highest BCUT2D eigenvalue weighted by molar-refractivity contribution is 5.86. The van der Waals surface area contributed by atoms with Crippen molar-refractivity contribution < 1.29 is 17.9 Å². The number of alkyl halides is 3. The number of piperidine rings is 1. The number of benzene rings is 1. The van der Waals surface area contributed by atoms with E-state index in [9.17, 15) is 13.2 Å². The van der Waals surface area contributed by atoms with Crippen LogP contribution in [0.15, 0.2) is 48.9 Å². The summed E-state index contributed by atoms with van der Waals surface area (Å²) in [5.74, 6) is 0.648. The molecule has 5 nitrogen and oxygen atoms in total. The molecule has 4 rings (SSSR count). The van der Waals surface area contributed by atoms with Gasteiger partial charge in [0.05, 0.1) is 11.7 Å². The van der Waals surface area contributed by atoms with Gasteiger partial charge in [0.25, 0.3) is 0 Å². The number of halogens is 3. The van der Waals surface area contributed by atoms with Gasteiger partial charge >= 0.3 is 6.18 Å². The molecule has 0 unspecified atom stereocenters. The van der Waals surface area contributed by atoms with Crippen LogP contribution in [0.3, 0.4) is 0 Å². The van der Waals surface area contributed by atoms with Crippen molar-refractivity contribution in [1.29, 1.82) is 0 Å². The monoisotopic (exact) mass is 390 g/mol. The Balaban J connectivity index is 1.39. The third-order valence-electron chi connectivity index (χ3n) is 5.00. The highest BCUT2D eigenvalue weighted by Crippen LogP contribution is 2.31. The Bertz CT molecular complexity index is 918. The van der Waals surface area contributed by atoms with Crippen LogP contribution in [0.4, 0.5) is 13.2 Å². The zero-order valence-corrected chi connectivity index (χ0v) is 15.3. The van der Waals surface area contributed by atoms with Crippen molar-refractivity contribution in [2.24, 2.45) is 0 Å². The summed E-state index contributed by atoms with van der Waals surface area (Å²) in [5, 5.41) is 8.41. The maximum absolute atomic E-state index is 12.7. The lowest BCUT2D eigenvalue weighted by molar-refractivity contribution is -0.139. The van der Waals surface area contributed by atoms with Gasteiger partial charge < -0.3 is 9.30 Å².